The summed E-state index contributed by atoms with van der Waals surface area (Å²) in [4.78, 5) is 30.0. The molecule has 1 atom stereocenters. The first-order chi connectivity index (χ1) is 23.3. The lowest BCUT2D eigenvalue weighted by molar-refractivity contribution is -0.140. The summed E-state index contributed by atoms with van der Waals surface area (Å²) in [5.41, 5.74) is 3.54. The summed E-state index contributed by atoms with van der Waals surface area (Å²) in [5, 5.41) is 3.53. The third kappa shape index (κ3) is 9.77. The van der Waals surface area contributed by atoms with Crippen LogP contribution in [0.3, 0.4) is 0 Å². The summed E-state index contributed by atoms with van der Waals surface area (Å²) in [6.45, 7) is 7.58. The Morgan fingerprint density at radius 1 is 0.816 bits per heavy atom. The van der Waals surface area contributed by atoms with E-state index >= 15 is 0 Å². The number of rotatable bonds is 15. The van der Waals surface area contributed by atoms with Gasteiger partial charge in [0.2, 0.25) is 11.8 Å². The van der Waals surface area contributed by atoms with E-state index in [1.54, 1.807) is 36.4 Å². The van der Waals surface area contributed by atoms with Crippen molar-refractivity contribution in [3.8, 4) is 11.5 Å². The molecule has 1 N–H and O–H groups in total. The fraction of sp³-hybridized carbons (Fsp3) is 0.316. The van der Waals surface area contributed by atoms with E-state index in [1.807, 2.05) is 64.1 Å². The van der Waals surface area contributed by atoms with Gasteiger partial charge in [0.05, 0.1) is 24.8 Å². The zero-order chi connectivity index (χ0) is 35.7. The highest BCUT2D eigenvalue weighted by atomic mass is 35.5. The van der Waals surface area contributed by atoms with E-state index in [-0.39, 0.29) is 35.4 Å². The van der Waals surface area contributed by atoms with Crippen molar-refractivity contribution >= 4 is 39.1 Å². The number of nitrogens with one attached hydrogen (secondary N) is 1. The van der Waals surface area contributed by atoms with E-state index in [0.717, 1.165) is 26.6 Å². The van der Waals surface area contributed by atoms with Crippen LogP contribution in [0.2, 0.25) is 5.02 Å². The van der Waals surface area contributed by atoms with Crippen molar-refractivity contribution in [3.05, 3.63) is 118 Å². The molecule has 11 heteroatoms. The molecule has 0 aromatic heterocycles. The highest BCUT2D eigenvalue weighted by Gasteiger charge is 2.35. The summed E-state index contributed by atoms with van der Waals surface area (Å²) >= 11 is 6.18. The maximum atomic E-state index is 14.7. The van der Waals surface area contributed by atoms with Crippen LogP contribution in [0, 0.1) is 19.8 Å². The zero-order valence-corrected chi connectivity index (χ0v) is 30.3. The van der Waals surface area contributed by atoms with Crippen LogP contribution in [0.5, 0.6) is 11.5 Å². The van der Waals surface area contributed by atoms with Crippen LogP contribution in [0.4, 0.5) is 5.69 Å². The van der Waals surface area contributed by atoms with Crippen LogP contribution < -0.4 is 19.1 Å². The molecule has 49 heavy (non-hydrogen) atoms. The van der Waals surface area contributed by atoms with Gasteiger partial charge in [-0.1, -0.05) is 74.0 Å². The van der Waals surface area contributed by atoms with Crippen molar-refractivity contribution in [1.82, 2.24) is 10.2 Å². The quantitative estimate of drug-likeness (QED) is 0.150. The van der Waals surface area contributed by atoms with Gasteiger partial charge in [0, 0.05) is 30.6 Å². The number of hydrogen-bond acceptors (Lipinski definition) is 6. The number of amides is 2. The monoisotopic (exact) mass is 705 g/mol. The summed E-state index contributed by atoms with van der Waals surface area (Å²) in [5.74, 6) is -0.127. The molecule has 0 bridgehead atoms. The Labute approximate surface area is 294 Å². The topological polar surface area (TPSA) is 105 Å². The standard InChI is InChI=1S/C38H44ClN3O6S/c1-26(2)23-40-38(44)34(21-29-10-8-7-9-11-29)41(24-30-12-14-31(39)15-13-30)37(43)25-42(32-19-27(3)18-28(4)20-32)49(45,46)33-16-17-35(47-5)36(22-33)48-6/h7-20,22,26,34H,21,23-25H2,1-6H3,(H,40,44). The number of anilines is 1. The molecule has 260 valence electrons. The number of halogens is 1. The van der Waals surface area contributed by atoms with Crippen LogP contribution in [0.15, 0.2) is 95.9 Å². The van der Waals surface area contributed by atoms with Crippen LogP contribution in [0.25, 0.3) is 0 Å². The molecule has 4 aromatic rings. The van der Waals surface area contributed by atoms with Crippen molar-refractivity contribution in [2.75, 3.05) is 31.6 Å². The minimum Gasteiger partial charge on any atom is -0.493 e. The predicted octanol–water partition coefficient (Wildman–Crippen LogP) is 6.58. The third-order valence-electron chi connectivity index (χ3n) is 7.94. The maximum Gasteiger partial charge on any atom is 0.264 e. The van der Waals surface area contributed by atoms with Gasteiger partial charge in [-0.3, -0.25) is 13.9 Å². The van der Waals surface area contributed by atoms with E-state index in [2.05, 4.69) is 5.32 Å². The number of carbonyl (C=O) groups is 2. The summed E-state index contributed by atoms with van der Waals surface area (Å²) in [7, 11) is -1.46. The van der Waals surface area contributed by atoms with Gasteiger partial charge in [-0.15, -0.1) is 0 Å². The Morgan fingerprint density at radius 2 is 1.45 bits per heavy atom. The first-order valence-corrected chi connectivity index (χ1v) is 17.8. The summed E-state index contributed by atoms with van der Waals surface area (Å²) in [6.07, 6.45) is 0.218. The van der Waals surface area contributed by atoms with Crippen molar-refractivity contribution in [3.63, 3.8) is 0 Å². The lowest BCUT2D eigenvalue weighted by Gasteiger charge is -2.34. The lowest BCUT2D eigenvalue weighted by atomic mass is 10.0. The van der Waals surface area contributed by atoms with E-state index in [9.17, 15) is 18.0 Å². The lowest BCUT2D eigenvalue weighted by Crippen LogP contribution is -2.53. The first-order valence-electron chi connectivity index (χ1n) is 16.0. The van der Waals surface area contributed by atoms with Gasteiger partial charge in [0.1, 0.15) is 12.6 Å². The van der Waals surface area contributed by atoms with Crippen molar-refractivity contribution in [2.45, 2.75) is 51.6 Å². The molecule has 0 radical (unpaired) electrons. The second-order valence-corrected chi connectivity index (χ2v) is 14.7. The SMILES string of the molecule is COc1ccc(S(=O)(=O)N(CC(=O)N(Cc2ccc(Cl)cc2)C(Cc2ccccc2)C(=O)NCC(C)C)c2cc(C)cc(C)c2)cc1OC. The minimum absolute atomic E-state index is 0.0414. The van der Waals surface area contributed by atoms with Gasteiger partial charge in [-0.05, 0) is 78.4 Å². The second-order valence-electron chi connectivity index (χ2n) is 12.4. The number of carbonyl (C=O) groups excluding carboxylic acids is 2. The smallest absolute Gasteiger partial charge is 0.264 e. The predicted molar refractivity (Wildman–Crippen MR) is 194 cm³/mol. The zero-order valence-electron chi connectivity index (χ0n) is 28.8. The average molecular weight is 706 g/mol. The van der Waals surface area contributed by atoms with Gasteiger partial charge < -0.3 is 19.7 Å². The highest BCUT2D eigenvalue weighted by molar-refractivity contribution is 7.92. The molecule has 0 aliphatic rings. The van der Waals surface area contributed by atoms with E-state index in [4.69, 9.17) is 21.1 Å². The molecule has 9 nitrogen and oxygen atoms in total. The minimum atomic E-state index is -4.35. The molecule has 0 spiro atoms. The summed E-state index contributed by atoms with van der Waals surface area (Å²) < 4.78 is 40.9. The Bertz CT molecular complexity index is 1830. The molecular weight excluding hydrogens is 662 g/mol. The summed E-state index contributed by atoms with van der Waals surface area (Å²) in [6, 6.07) is 25.2. The molecule has 0 aliphatic heterocycles. The van der Waals surface area contributed by atoms with Crippen LogP contribution in [-0.2, 0) is 32.6 Å². The molecule has 1 unspecified atom stereocenters. The number of benzene rings is 4. The number of methoxy groups -OCH3 is 2. The fourth-order valence-corrected chi connectivity index (χ4v) is 7.03. The van der Waals surface area contributed by atoms with Gasteiger partial charge in [-0.2, -0.15) is 0 Å². The van der Waals surface area contributed by atoms with Gasteiger partial charge in [0.15, 0.2) is 11.5 Å². The van der Waals surface area contributed by atoms with Crippen molar-refractivity contribution in [2.24, 2.45) is 5.92 Å². The number of sulfonamides is 1. The van der Waals surface area contributed by atoms with E-state index in [1.165, 1.54) is 37.3 Å². The molecule has 0 fully saturated rings. The average Bonchev–Trinajstić information content (AvgIpc) is 3.07. The fourth-order valence-electron chi connectivity index (χ4n) is 5.49. The second kappa shape index (κ2) is 16.7. The van der Waals surface area contributed by atoms with Crippen molar-refractivity contribution in [1.29, 1.82) is 0 Å². The largest absolute Gasteiger partial charge is 0.493 e. The first kappa shape index (κ1) is 37.3. The number of hydrogen-bond donors (Lipinski definition) is 1. The molecular formula is C38H44ClN3O6S. The molecule has 0 heterocycles. The molecule has 2 amide bonds. The maximum absolute atomic E-state index is 14.7. The van der Waals surface area contributed by atoms with E-state index < -0.39 is 28.5 Å². The van der Waals surface area contributed by atoms with Crippen molar-refractivity contribution < 1.29 is 27.5 Å². The Morgan fingerprint density at radius 3 is 2.04 bits per heavy atom. The highest BCUT2D eigenvalue weighted by Crippen LogP contribution is 2.33. The molecule has 4 rings (SSSR count). The van der Waals surface area contributed by atoms with Gasteiger partial charge in [-0.25, -0.2) is 8.42 Å². The normalized spacial score (nSPS) is 11.9. The van der Waals surface area contributed by atoms with Crippen LogP contribution >= 0.6 is 11.6 Å². The van der Waals surface area contributed by atoms with Gasteiger partial charge >= 0.3 is 0 Å². The van der Waals surface area contributed by atoms with Crippen LogP contribution in [0.1, 0.15) is 36.1 Å². The molecule has 4 aromatic carbocycles. The molecule has 0 saturated heterocycles. The molecule has 0 saturated carbocycles. The third-order valence-corrected chi connectivity index (χ3v) is 9.96. The number of nitrogens with zero attached hydrogens (tertiary/aromatic N) is 2. The Balaban J connectivity index is 1.84. The number of ether oxygens (including phenoxy) is 2. The number of aryl methyl sites for hydroxylation is 2. The molecule has 0 aliphatic carbocycles. The van der Waals surface area contributed by atoms with Gasteiger partial charge in [0.25, 0.3) is 10.0 Å². The Hall–Kier alpha value is -4.54. The Kier molecular flexibility index (Phi) is 12.7. The van der Waals surface area contributed by atoms with Crippen LogP contribution in [-0.4, -0.2) is 58.5 Å². The van der Waals surface area contributed by atoms with E-state index in [0.29, 0.717) is 23.0 Å².